The molecular formula is C12H20N4O3. The molecule has 106 valence electrons. The van der Waals surface area contributed by atoms with Gasteiger partial charge in [0, 0.05) is 13.6 Å². The number of nitro groups is 1. The quantitative estimate of drug-likeness (QED) is 0.558. The fourth-order valence-corrected chi connectivity index (χ4v) is 1.60. The van der Waals surface area contributed by atoms with Gasteiger partial charge in [0.05, 0.1) is 11.0 Å². The van der Waals surface area contributed by atoms with Crippen molar-refractivity contribution < 1.29 is 9.66 Å². The molecule has 19 heavy (non-hydrogen) atoms. The molecular weight excluding hydrogens is 248 g/mol. The van der Waals surface area contributed by atoms with Crippen molar-refractivity contribution in [2.24, 2.45) is 0 Å². The molecule has 0 saturated heterocycles. The Labute approximate surface area is 112 Å². The minimum Gasteiger partial charge on any atom is -0.470 e. The number of hydrogen-bond donors (Lipinski definition) is 0. The molecule has 0 amide bonds. The summed E-state index contributed by atoms with van der Waals surface area (Å²) >= 11 is 0. The summed E-state index contributed by atoms with van der Waals surface area (Å²) in [5.74, 6) is 0.317. The number of rotatable bonds is 7. The number of unbranched alkanes of at least 4 members (excludes halogenated alkanes) is 1. The third kappa shape index (κ3) is 4.04. The summed E-state index contributed by atoms with van der Waals surface area (Å²) in [7, 11) is 1.78. The molecule has 0 bridgehead atoms. The van der Waals surface area contributed by atoms with E-state index in [4.69, 9.17) is 4.74 Å². The highest BCUT2D eigenvalue weighted by molar-refractivity contribution is 5.62. The van der Waals surface area contributed by atoms with Gasteiger partial charge in [0.25, 0.3) is 5.88 Å². The molecule has 0 N–H and O–H groups in total. The normalized spacial score (nSPS) is 10.6. The molecule has 0 atom stereocenters. The van der Waals surface area contributed by atoms with Crippen LogP contribution in [0, 0.1) is 10.1 Å². The van der Waals surface area contributed by atoms with Gasteiger partial charge in [-0.05, 0) is 20.3 Å². The topological polar surface area (TPSA) is 81.4 Å². The highest BCUT2D eigenvalue weighted by Crippen LogP contribution is 2.33. The van der Waals surface area contributed by atoms with Crippen LogP contribution in [0.1, 0.15) is 33.6 Å². The molecule has 1 heterocycles. The summed E-state index contributed by atoms with van der Waals surface area (Å²) in [6, 6.07) is 0. The third-order valence-corrected chi connectivity index (χ3v) is 2.51. The molecule has 0 aliphatic carbocycles. The Morgan fingerprint density at radius 1 is 1.47 bits per heavy atom. The summed E-state index contributed by atoms with van der Waals surface area (Å²) in [4.78, 5) is 20.4. The van der Waals surface area contributed by atoms with Crippen molar-refractivity contribution in [3.8, 4) is 5.88 Å². The largest absolute Gasteiger partial charge is 0.470 e. The maximum atomic E-state index is 11.2. The SMILES string of the molecule is CCCCN(C)c1ncnc(OC(C)C)c1[N+](=O)[O-]. The van der Waals surface area contributed by atoms with Crippen molar-refractivity contribution in [2.75, 3.05) is 18.5 Å². The van der Waals surface area contributed by atoms with E-state index >= 15 is 0 Å². The summed E-state index contributed by atoms with van der Waals surface area (Å²) in [6.07, 6.45) is 3.07. The van der Waals surface area contributed by atoms with Crippen LogP contribution in [0.4, 0.5) is 11.5 Å². The van der Waals surface area contributed by atoms with Crippen LogP contribution < -0.4 is 9.64 Å². The van der Waals surface area contributed by atoms with Crippen molar-refractivity contribution in [1.82, 2.24) is 9.97 Å². The molecule has 1 aromatic rings. The molecule has 0 saturated carbocycles. The molecule has 0 spiro atoms. The molecule has 0 radical (unpaired) electrons. The highest BCUT2D eigenvalue weighted by Gasteiger charge is 2.27. The smallest absolute Gasteiger partial charge is 0.372 e. The monoisotopic (exact) mass is 268 g/mol. The summed E-state index contributed by atoms with van der Waals surface area (Å²) in [5.41, 5.74) is -0.171. The van der Waals surface area contributed by atoms with Gasteiger partial charge in [-0.1, -0.05) is 13.3 Å². The zero-order valence-electron chi connectivity index (χ0n) is 11.8. The highest BCUT2D eigenvalue weighted by atomic mass is 16.6. The van der Waals surface area contributed by atoms with Crippen molar-refractivity contribution in [3.63, 3.8) is 0 Å². The Kier molecular flexibility index (Phi) is 5.47. The second kappa shape index (κ2) is 6.86. The lowest BCUT2D eigenvalue weighted by Gasteiger charge is -2.18. The zero-order valence-corrected chi connectivity index (χ0v) is 11.8. The van der Waals surface area contributed by atoms with Gasteiger partial charge >= 0.3 is 5.69 Å². The van der Waals surface area contributed by atoms with Crippen molar-refractivity contribution >= 4 is 11.5 Å². The first-order valence-electron chi connectivity index (χ1n) is 6.34. The molecule has 0 unspecified atom stereocenters. The van der Waals surface area contributed by atoms with E-state index in [0.29, 0.717) is 12.4 Å². The predicted octanol–water partition coefficient (Wildman–Crippen LogP) is 2.41. The lowest BCUT2D eigenvalue weighted by atomic mass is 10.3. The van der Waals surface area contributed by atoms with Crippen LogP contribution in [0.2, 0.25) is 0 Å². The van der Waals surface area contributed by atoms with Crippen LogP contribution in [-0.4, -0.2) is 34.6 Å². The van der Waals surface area contributed by atoms with E-state index in [2.05, 4.69) is 16.9 Å². The number of hydrogen-bond acceptors (Lipinski definition) is 6. The Morgan fingerprint density at radius 2 is 2.16 bits per heavy atom. The minimum absolute atomic E-state index is 0.0216. The molecule has 7 heteroatoms. The van der Waals surface area contributed by atoms with Crippen molar-refractivity contribution in [1.29, 1.82) is 0 Å². The Bertz CT molecular complexity index is 437. The van der Waals surface area contributed by atoms with Crippen LogP contribution in [0.5, 0.6) is 5.88 Å². The molecule has 0 aromatic carbocycles. The Morgan fingerprint density at radius 3 is 2.68 bits per heavy atom. The standard InChI is InChI=1S/C12H20N4O3/c1-5-6-7-15(4)11-10(16(17)18)12(14-8-13-11)19-9(2)3/h8-9H,5-7H2,1-4H3. The van der Waals surface area contributed by atoms with Gasteiger partial charge < -0.3 is 9.64 Å². The molecule has 1 aromatic heterocycles. The van der Waals surface area contributed by atoms with Crippen LogP contribution >= 0.6 is 0 Å². The Balaban J connectivity index is 3.12. The molecule has 0 aliphatic rings. The fraction of sp³-hybridized carbons (Fsp3) is 0.667. The number of nitrogens with zero attached hydrogens (tertiary/aromatic N) is 4. The summed E-state index contributed by atoms with van der Waals surface area (Å²) < 4.78 is 5.38. The average molecular weight is 268 g/mol. The number of anilines is 1. The van der Waals surface area contributed by atoms with E-state index in [1.165, 1.54) is 6.33 Å². The lowest BCUT2D eigenvalue weighted by Crippen LogP contribution is -2.22. The van der Waals surface area contributed by atoms with Crippen LogP contribution in [0.3, 0.4) is 0 Å². The number of ether oxygens (including phenoxy) is 1. The van der Waals surface area contributed by atoms with Gasteiger partial charge in [-0.15, -0.1) is 0 Å². The van der Waals surface area contributed by atoms with Gasteiger partial charge in [0.15, 0.2) is 0 Å². The van der Waals surface area contributed by atoms with Crippen LogP contribution in [0.25, 0.3) is 0 Å². The first-order valence-corrected chi connectivity index (χ1v) is 6.34. The predicted molar refractivity (Wildman–Crippen MR) is 72.6 cm³/mol. The maximum Gasteiger partial charge on any atom is 0.372 e. The van der Waals surface area contributed by atoms with E-state index in [1.54, 1.807) is 25.8 Å². The van der Waals surface area contributed by atoms with Gasteiger partial charge in [0.2, 0.25) is 5.82 Å². The van der Waals surface area contributed by atoms with E-state index < -0.39 is 4.92 Å². The first kappa shape index (κ1) is 15.1. The van der Waals surface area contributed by atoms with Gasteiger partial charge in [-0.2, -0.15) is 4.98 Å². The van der Waals surface area contributed by atoms with Crippen molar-refractivity contribution in [2.45, 2.75) is 39.7 Å². The molecule has 1 rings (SSSR count). The van der Waals surface area contributed by atoms with E-state index in [9.17, 15) is 10.1 Å². The molecule has 0 fully saturated rings. The third-order valence-electron chi connectivity index (χ3n) is 2.51. The van der Waals surface area contributed by atoms with Crippen molar-refractivity contribution in [3.05, 3.63) is 16.4 Å². The minimum atomic E-state index is -0.491. The Hall–Kier alpha value is -1.92. The van der Waals surface area contributed by atoms with Crippen LogP contribution in [0.15, 0.2) is 6.33 Å². The second-order valence-corrected chi connectivity index (χ2v) is 4.55. The maximum absolute atomic E-state index is 11.2. The molecule has 7 nitrogen and oxygen atoms in total. The molecule has 0 aliphatic heterocycles. The van der Waals surface area contributed by atoms with Gasteiger partial charge in [-0.25, -0.2) is 4.98 Å². The van der Waals surface area contributed by atoms with E-state index in [1.807, 2.05) is 0 Å². The zero-order chi connectivity index (χ0) is 14.4. The van der Waals surface area contributed by atoms with Gasteiger partial charge in [0.1, 0.15) is 6.33 Å². The average Bonchev–Trinajstić information content (AvgIpc) is 2.34. The van der Waals surface area contributed by atoms with E-state index in [-0.39, 0.29) is 17.7 Å². The van der Waals surface area contributed by atoms with Gasteiger partial charge in [-0.3, -0.25) is 10.1 Å². The number of aromatic nitrogens is 2. The van der Waals surface area contributed by atoms with E-state index in [0.717, 1.165) is 12.8 Å². The first-order chi connectivity index (χ1) is 8.97. The van der Waals surface area contributed by atoms with Crippen LogP contribution in [-0.2, 0) is 0 Å². The fourth-order valence-electron chi connectivity index (χ4n) is 1.60. The summed E-state index contributed by atoms with van der Waals surface area (Å²) in [6.45, 7) is 6.36. The summed E-state index contributed by atoms with van der Waals surface area (Å²) in [5, 5.41) is 11.2. The lowest BCUT2D eigenvalue weighted by molar-refractivity contribution is -0.385. The second-order valence-electron chi connectivity index (χ2n) is 4.55.